The fraction of sp³-hybridized carbons (Fsp3) is 0.538. The molecule has 0 atom stereocenters. The van der Waals surface area contributed by atoms with Crippen molar-refractivity contribution in [3.8, 4) is 0 Å². The molecule has 19 heavy (non-hydrogen) atoms. The normalized spacial score (nSPS) is 19.8. The molecule has 6 heteroatoms. The Kier molecular flexibility index (Phi) is 4.17. The van der Waals surface area contributed by atoms with E-state index in [4.69, 9.17) is 23.2 Å². The minimum Gasteiger partial charge on any atom is -0.207 e. The van der Waals surface area contributed by atoms with E-state index in [0.717, 1.165) is 18.4 Å². The maximum absolute atomic E-state index is 12.7. The monoisotopic (exact) mass is 321 g/mol. The Hall–Kier alpha value is -0.290. The lowest BCUT2D eigenvalue weighted by Crippen LogP contribution is -2.42. The van der Waals surface area contributed by atoms with Gasteiger partial charge in [-0.25, -0.2) is 8.42 Å². The summed E-state index contributed by atoms with van der Waals surface area (Å²) in [6, 6.07) is 4.90. The third-order valence-corrected chi connectivity index (χ3v) is 6.44. The van der Waals surface area contributed by atoms with Crippen LogP contribution >= 0.6 is 23.2 Å². The molecule has 1 saturated heterocycles. The summed E-state index contributed by atoms with van der Waals surface area (Å²) in [4.78, 5) is 0.155. The van der Waals surface area contributed by atoms with Crippen molar-refractivity contribution in [2.45, 2.75) is 43.0 Å². The number of halogens is 2. The van der Waals surface area contributed by atoms with Gasteiger partial charge in [-0.1, -0.05) is 17.7 Å². The van der Waals surface area contributed by atoms with Crippen LogP contribution in [-0.4, -0.2) is 24.8 Å². The van der Waals surface area contributed by atoms with Crippen LogP contribution in [0.3, 0.4) is 0 Å². The molecule has 1 aliphatic heterocycles. The van der Waals surface area contributed by atoms with E-state index >= 15 is 0 Å². The van der Waals surface area contributed by atoms with E-state index in [0.29, 0.717) is 6.54 Å². The van der Waals surface area contributed by atoms with Crippen molar-refractivity contribution in [2.24, 2.45) is 0 Å². The lowest BCUT2D eigenvalue weighted by atomic mass is 10.0. The predicted octanol–water partition coefficient (Wildman–Crippen LogP) is 3.64. The molecule has 1 aliphatic rings. The van der Waals surface area contributed by atoms with Gasteiger partial charge in [-0.2, -0.15) is 4.31 Å². The Balaban J connectivity index is 2.51. The molecule has 106 valence electrons. The van der Waals surface area contributed by atoms with Gasteiger partial charge < -0.3 is 0 Å². The molecule has 2 rings (SSSR count). The first-order chi connectivity index (χ1) is 8.79. The standard InChI is InChI=1S/C13H17Cl2NO2S/c1-13(2)6-3-7-16(13)19(17,18)12-8-10(9-14)4-5-11(12)15/h4-5,8H,3,6-7,9H2,1-2H3. The molecule has 0 bridgehead atoms. The first-order valence-electron chi connectivity index (χ1n) is 6.16. The highest BCUT2D eigenvalue weighted by atomic mass is 35.5. The lowest BCUT2D eigenvalue weighted by Gasteiger charge is -2.30. The number of hydrogen-bond donors (Lipinski definition) is 0. The van der Waals surface area contributed by atoms with Crippen molar-refractivity contribution in [1.29, 1.82) is 0 Å². The molecule has 1 aromatic rings. The van der Waals surface area contributed by atoms with Gasteiger partial charge in [-0.05, 0) is 44.4 Å². The van der Waals surface area contributed by atoms with Crippen LogP contribution in [0.5, 0.6) is 0 Å². The summed E-state index contributed by atoms with van der Waals surface area (Å²) in [6.45, 7) is 4.42. The van der Waals surface area contributed by atoms with Gasteiger partial charge in [0, 0.05) is 18.0 Å². The summed E-state index contributed by atoms with van der Waals surface area (Å²) in [5.74, 6) is 0.267. The molecule has 1 heterocycles. The predicted molar refractivity (Wildman–Crippen MR) is 78.2 cm³/mol. The van der Waals surface area contributed by atoms with Gasteiger partial charge in [0.1, 0.15) is 4.90 Å². The molecule has 0 spiro atoms. The second-order valence-electron chi connectivity index (χ2n) is 5.39. The van der Waals surface area contributed by atoms with E-state index < -0.39 is 10.0 Å². The number of sulfonamides is 1. The Bertz CT molecular complexity index is 584. The maximum Gasteiger partial charge on any atom is 0.245 e. The van der Waals surface area contributed by atoms with Crippen LogP contribution < -0.4 is 0 Å². The molecule has 0 aliphatic carbocycles. The van der Waals surface area contributed by atoms with Gasteiger partial charge in [-0.15, -0.1) is 11.6 Å². The summed E-state index contributed by atoms with van der Waals surface area (Å²) in [6.07, 6.45) is 1.73. The third kappa shape index (κ3) is 2.77. The van der Waals surface area contributed by atoms with Gasteiger partial charge in [0.05, 0.1) is 5.02 Å². The van der Waals surface area contributed by atoms with Crippen LogP contribution in [0.4, 0.5) is 0 Å². The second-order valence-corrected chi connectivity index (χ2v) is 7.90. The van der Waals surface area contributed by atoms with Crippen LogP contribution in [0.15, 0.2) is 23.1 Å². The minimum atomic E-state index is -3.57. The average molecular weight is 322 g/mol. The van der Waals surface area contributed by atoms with Gasteiger partial charge in [0.15, 0.2) is 0 Å². The van der Waals surface area contributed by atoms with Crippen LogP contribution in [0.1, 0.15) is 32.3 Å². The summed E-state index contributed by atoms with van der Waals surface area (Å²) in [5.41, 5.74) is 0.390. The van der Waals surface area contributed by atoms with Crippen molar-refractivity contribution >= 4 is 33.2 Å². The number of hydrogen-bond acceptors (Lipinski definition) is 2. The molecule has 0 unspecified atom stereocenters. The van der Waals surface area contributed by atoms with Crippen LogP contribution in [0, 0.1) is 0 Å². The highest BCUT2D eigenvalue weighted by molar-refractivity contribution is 7.89. The van der Waals surface area contributed by atoms with E-state index in [-0.39, 0.29) is 21.3 Å². The SMILES string of the molecule is CC1(C)CCCN1S(=O)(=O)c1cc(CCl)ccc1Cl. The van der Waals surface area contributed by atoms with Gasteiger partial charge in [0.2, 0.25) is 10.0 Å². The molecular weight excluding hydrogens is 305 g/mol. The minimum absolute atomic E-state index is 0.155. The van der Waals surface area contributed by atoms with Crippen molar-refractivity contribution < 1.29 is 8.42 Å². The zero-order chi connectivity index (χ0) is 14.3. The summed E-state index contributed by atoms with van der Waals surface area (Å²) < 4.78 is 27.0. The maximum atomic E-state index is 12.7. The van der Waals surface area contributed by atoms with Crippen LogP contribution in [0.25, 0.3) is 0 Å². The molecule has 0 N–H and O–H groups in total. The van der Waals surface area contributed by atoms with E-state index in [1.807, 2.05) is 13.8 Å². The zero-order valence-corrected chi connectivity index (χ0v) is 13.3. The molecule has 3 nitrogen and oxygen atoms in total. The third-order valence-electron chi connectivity index (χ3n) is 3.54. The topological polar surface area (TPSA) is 37.4 Å². The first-order valence-corrected chi connectivity index (χ1v) is 8.51. The Labute approximate surface area is 124 Å². The smallest absolute Gasteiger partial charge is 0.207 e. The molecule has 0 saturated carbocycles. The molecule has 1 aromatic carbocycles. The Morgan fingerprint density at radius 2 is 2.05 bits per heavy atom. The quantitative estimate of drug-likeness (QED) is 0.797. The van der Waals surface area contributed by atoms with E-state index in [9.17, 15) is 8.42 Å². The number of nitrogens with zero attached hydrogens (tertiary/aromatic N) is 1. The number of benzene rings is 1. The summed E-state index contributed by atoms with van der Waals surface area (Å²) in [7, 11) is -3.57. The van der Waals surface area contributed by atoms with Crippen molar-refractivity contribution in [3.63, 3.8) is 0 Å². The summed E-state index contributed by atoms with van der Waals surface area (Å²) in [5, 5.41) is 0.247. The van der Waals surface area contributed by atoms with Gasteiger partial charge in [0.25, 0.3) is 0 Å². The molecule has 1 fully saturated rings. The van der Waals surface area contributed by atoms with Crippen molar-refractivity contribution in [3.05, 3.63) is 28.8 Å². The molecule has 0 aromatic heterocycles. The fourth-order valence-electron chi connectivity index (χ4n) is 2.48. The van der Waals surface area contributed by atoms with Gasteiger partial charge in [-0.3, -0.25) is 0 Å². The highest BCUT2D eigenvalue weighted by Crippen LogP contribution is 2.36. The van der Waals surface area contributed by atoms with Crippen molar-refractivity contribution in [1.82, 2.24) is 4.31 Å². The van der Waals surface area contributed by atoms with Gasteiger partial charge >= 0.3 is 0 Å². The highest BCUT2D eigenvalue weighted by Gasteiger charge is 2.41. The Morgan fingerprint density at radius 3 is 2.58 bits per heavy atom. The first kappa shape index (κ1) is 15.1. The number of alkyl halides is 1. The average Bonchev–Trinajstić information content (AvgIpc) is 2.70. The fourth-order valence-corrected chi connectivity index (χ4v) is 5.02. The van der Waals surface area contributed by atoms with E-state index in [1.165, 1.54) is 0 Å². The van der Waals surface area contributed by atoms with Crippen LogP contribution in [-0.2, 0) is 15.9 Å². The zero-order valence-electron chi connectivity index (χ0n) is 11.0. The van der Waals surface area contributed by atoms with E-state index in [2.05, 4.69) is 0 Å². The van der Waals surface area contributed by atoms with E-state index in [1.54, 1.807) is 22.5 Å². The lowest BCUT2D eigenvalue weighted by molar-refractivity contribution is 0.292. The second kappa shape index (κ2) is 5.24. The van der Waals surface area contributed by atoms with Crippen molar-refractivity contribution in [2.75, 3.05) is 6.54 Å². The molecule has 0 radical (unpaired) electrons. The summed E-state index contributed by atoms with van der Waals surface area (Å²) >= 11 is 11.8. The molecule has 0 amide bonds. The number of rotatable bonds is 3. The Morgan fingerprint density at radius 1 is 1.37 bits per heavy atom. The van der Waals surface area contributed by atoms with Crippen LogP contribution in [0.2, 0.25) is 5.02 Å². The molecular formula is C13H17Cl2NO2S. The largest absolute Gasteiger partial charge is 0.245 e.